The minimum atomic E-state index is -3.80. The lowest BCUT2D eigenvalue weighted by atomic mass is 10.3. The third-order valence-corrected chi connectivity index (χ3v) is 6.18. The van der Waals surface area contributed by atoms with Crippen molar-refractivity contribution in [2.24, 2.45) is 5.10 Å². The molecule has 1 N–H and O–H groups in total. The van der Waals surface area contributed by atoms with Gasteiger partial charge in [0.2, 0.25) is 10.0 Å². The van der Waals surface area contributed by atoms with Crippen LogP contribution in [0.2, 0.25) is 0 Å². The van der Waals surface area contributed by atoms with E-state index in [2.05, 4.69) is 10.5 Å². The van der Waals surface area contributed by atoms with Crippen LogP contribution < -0.4 is 5.43 Å². The number of rotatable bonds is 5. The molecule has 0 unspecified atom stereocenters. The summed E-state index contributed by atoms with van der Waals surface area (Å²) in [5.74, 6) is 0. The highest BCUT2D eigenvalue weighted by Crippen LogP contribution is 2.29. The van der Waals surface area contributed by atoms with Gasteiger partial charge in [0.1, 0.15) is 5.69 Å². The van der Waals surface area contributed by atoms with Crippen molar-refractivity contribution in [1.29, 1.82) is 0 Å². The summed E-state index contributed by atoms with van der Waals surface area (Å²) in [6, 6.07) is 3.81. The molecule has 1 fully saturated rings. The number of nitro benzene ring substituents is 1. The van der Waals surface area contributed by atoms with Gasteiger partial charge in [0.15, 0.2) is 0 Å². The monoisotopic (exact) mass is 380 g/mol. The Bertz CT molecular complexity index is 873. The normalized spacial score (nSPS) is 20.2. The average Bonchev–Trinajstić information content (AvgIpc) is 3.05. The van der Waals surface area contributed by atoms with Gasteiger partial charge in [-0.15, -0.1) is 0 Å². The van der Waals surface area contributed by atoms with Crippen molar-refractivity contribution in [1.82, 2.24) is 4.31 Å². The van der Waals surface area contributed by atoms with Crippen LogP contribution in [0.4, 0.5) is 11.4 Å². The number of ether oxygens (including phenoxy) is 1. The number of anilines is 1. The van der Waals surface area contributed by atoms with E-state index in [1.807, 2.05) is 13.0 Å². The van der Waals surface area contributed by atoms with Crippen molar-refractivity contribution < 1.29 is 18.1 Å². The molecule has 1 aliphatic heterocycles. The highest BCUT2D eigenvalue weighted by atomic mass is 32.2. The molecule has 0 spiro atoms. The third kappa shape index (κ3) is 3.92. The van der Waals surface area contributed by atoms with Gasteiger partial charge >= 0.3 is 0 Å². The lowest BCUT2D eigenvalue weighted by Gasteiger charge is -2.26. The zero-order valence-corrected chi connectivity index (χ0v) is 15.2. The summed E-state index contributed by atoms with van der Waals surface area (Å²) >= 11 is 0. The predicted molar refractivity (Wildman–Crippen MR) is 96.7 cm³/mol. The fourth-order valence-electron chi connectivity index (χ4n) is 2.83. The molecule has 1 aromatic carbocycles. The molecule has 1 aliphatic carbocycles. The van der Waals surface area contributed by atoms with E-state index in [0.29, 0.717) is 13.2 Å². The minimum Gasteiger partial charge on any atom is -0.379 e. The van der Waals surface area contributed by atoms with Crippen LogP contribution in [0.25, 0.3) is 0 Å². The Morgan fingerprint density at radius 2 is 2.00 bits per heavy atom. The van der Waals surface area contributed by atoms with Gasteiger partial charge < -0.3 is 4.74 Å². The van der Waals surface area contributed by atoms with E-state index in [1.165, 1.54) is 22.0 Å². The van der Waals surface area contributed by atoms with Crippen molar-refractivity contribution >= 4 is 27.1 Å². The van der Waals surface area contributed by atoms with Crippen molar-refractivity contribution in [2.45, 2.75) is 24.7 Å². The number of allylic oxidation sites excluding steroid dienone is 2. The zero-order valence-electron chi connectivity index (χ0n) is 14.3. The summed E-state index contributed by atoms with van der Waals surface area (Å²) in [5.41, 5.74) is 4.52. The van der Waals surface area contributed by atoms with Gasteiger partial charge in [-0.05, 0) is 38.0 Å². The molecular weight excluding hydrogens is 360 g/mol. The Hall–Kier alpha value is -2.30. The smallest absolute Gasteiger partial charge is 0.295 e. The summed E-state index contributed by atoms with van der Waals surface area (Å²) in [7, 11) is -3.80. The number of nitro groups is 1. The van der Waals surface area contributed by atoms with E-state index in [0.717, 1.165) is 24.6 Å². The van der Waals surface area contributed by atoms with E-state index in [1.54, 1.807) is 0 Å². The molecule has 1 heterocycles. The minimum absolute atomic E-state index is 0.110. The van der Waals surface area contributed by atoms with Crippen LogP contribution in [0.15, 0.2) is 39.8 Å². The SMILES string of the molecule is CC1=C/C(=N\Nc2ccc(S(=O)(=O)N3CCOCC3)cc2[N+](=O)[O-])CC1. The van der Waals surface area contributed by atoms with Crippen LogP contribution >= 0.6 is 0 Å². The first-order chi connectivity index (χ1) is 12.4. The first-order valence-electron chi connectivity index (χ1n) is 8.24. The molecule has 26 heavy (non-hydrogen) atoms. The number of hydrazone groups is 1. The van der Waals surface area contributed by atoms with E-state index in [4.69, 9.17) is 4.74 Å². The maximum Gasteiger partial charge on any atom is 0.295 e. The number of morpholine rings is 1. The molecule has 0 atom stereocenters. The molecule has 0 amide bonds. The third-order valence-electron chi connectivity index (χ3n) is 4.28. The molecule has 10 heteroatoms. The van der Waals surface area contributed by atoms with Crippen LogP contribution in [0.3, 0.4) is 0 Å². The van der Waals surface area contributed by atoms with E-state index in [-0.39, 0.29) is 29.4 Å². The Kier molecular flexibility index (Phi) is 5.35. The molecule has 0 radical (unpaired) electrons. The summed E-state index contributed by atoms with van der Waals surface area (Å²) in [5, 5.41) is 15.6. The quantitative estimate of drug-likeness (QED) is 0.618. The topological polar surface area (TPSA) is 114 Å². The van der Waals surface area contributed by atoms with Crippen LogP contribution in [0.5, 0.6) is 0 Å². The first-order valence-corrected chi connectivity index (χ1v) is 9.68. The summed E-state index contributed by atoms with van der Waals surface area (Å²) in [6.07, 6.45) is 3.62. The molecule has 0 saturated carbocycles. The van der Waals surface area contributed by atoms with E-state index >= 15 is 0 Å². The fraction of sp³-hybridized carbons (Fsp3) is 0.438. The molecule has 1 saturated heterocycles. The first kappa shape index (κ1) is 18.5. The van der Waals surface area contributed by atoms with Crippen molar-refractivity contribution in [3.05, 3.63) is 40.0 Å². The fourth-order valence-corrected chi connectivity index (χ4v) is 4.26. The number of sulfonamides is 1. The van der Waals surface area contributed by atoms with Gasteiger partial charge in [0.25, 0.3) is 5.69 Å². The Morgan fingerprint density at radius 1 is 1.27 bits per heavy atom. The second-order valence-corrected chi connectivity index (χ2v) is 8.10. The second-order valence-electron chi connectivity index (χ2n) is 6.16. The van der Waals surface area contributed by atoms with Crippen LogP contribution in [-0.2, 0) is 14.8 Å². The van der Waals surface area contributed by atoms with Gasteiger partial charge in [0, 0.05) is 19.2 Å². The van der Waals surface area contributed by atoms with Gasteiger partial charge in [-0.1, -0.05) is 5.57 Å². The maximum atomic E-state index is 12.7. The molecular formula is C16H20N4O5S. The van der Waals surface area contributed by atoms with Gasteiger partial charge in [-0.2, -0.15) is 9.41 Å². The molecule has 140 valence electrons. The van der Waals surface area contributed by atoms with Crippen molar-refractivity contribution in [3.8, 4) is 0 Å². The van der Waals surface area contributed by atoms with Gasteiger partial charge in [-0.3, -0.25) is 15.5 Å². The summed E-state index contributed by atoms with van der Waals surface area (Å²) in [6.45, 7) is 3.08. The highest BCUT2D eigenvalue weighted by Gasteiger charge is 2.28. The number of nitrogens with zero attached hydrogens (tertiary/aromatic N) is 3. The molecule has 2 aliphatic rings. The molecule has 0 aromatic heterocycles. The molecule has 1 aromatic rings. The van der Waals surface area contributed by atoms with Crippen LogP contribution in [0, 0.1) is 10.1 Å². The summed E-state index contributed by atoms with van der Waals surface area (Å²) in [4.78, 5) is 10.7. The van der Waals surface area contributed by atoms with Gasteiger partial charge in [-0.25, -0.2) is 8.42 Å². The highest BCUT2D eigenvalue weighted by molar-refractivity contribution is 7.89. The van der Waals surface area contributed by atoms with Gasteiger partial charge in [0.05, 0.1) is 28.7 Å². The molecule has 3 rings (SSSR count). The predicted octanol–water partition coefficient (Wildman–Crippen LogP) is 2.12. The zero-order chi connectivity index (χ0) is 18.7. The van der Waals surface area contributed by atoms with Crippen LogP contribution in [0.1, 0.15) is 19.8 Å². The Morgan fingerprint density at radius 3 is 2.62 bits per heavy atom. The summed E-state index contributed by atoms with van der Waals surface area (Å²) < 4.78 is 31.8. The Labute approximate surface area is 151 Å². The molecule has 0 bridgehead atoms. The largest absolute Gasteiger partial charge is 0.379 e. The lowest BCUT2D eigenvalue weighted by Crippen LogP contribution is -2.40. The average molecular weight is 380 g/mol. The van der Waals surface area contributed by atoms with Crippen LogP contribution in [-0.4, -0.2) is 49.7 Å². The number of hydrogen-bond acceptors (Lipinski definition) is 7. The number of hydrogen-bond donors (Lipinski definition) is 1. The van der Waals surface area contributed by atoms with Crippen molar-refractivity contribution in [3.63, 3.8) is 0 Å². The van der Waals surface area contributed by atoms with Crippen molar-refractivity contribution in [2.75, 3.05) is 31.7 Å². The maximum absolute atomic E-state index is 12.7. The number of benzene rings is 1. The second kappa shape index (κ2) is 7.52. The number of nitrogens with one attached hydrogen (secondary N) is 1. The standard InChI is InChI=1S/C16H20N4O5S/c1-12-2-3-13(10-12)17-18-15-5-4-14(11-16(15)20(21)22)26(23,24)19-6-8-25-9-7-19/h4-5,10-11,18H,2-3,6-9H2,1H3/b17-13-. The lowest BCUT2D eigenvalue weighted by molar-refractivity contribution is -0.384. The van der Waals surface area contributed by atoms with E-state index < -0.39 is 14.9 Å². The molecule has 9 nitrogen and oxygen atoms in total. The van der Waals surface area contributed by atoms with E-state index in [9.17, 15) is 18.5 Å². The Balaban J connectivity index is 1.88.